The highest BCUT2D eigenvalue weighted by molar-refractivity contribution is 7.15. The Labute approximate surface area is 155 Å². The molecule has 0 spiro atoms. The Morgan fingerprint density at radius 2 is 2.21 bits per heavy atom. The van der Waals surface area contributed by atoms with Crippen LogP contribution in [0, 0.1) is 0 Å². The van der Waals surface area contributed by atoms with Gasteiger partial charge in [-0.2, -0.15) is 0 Å². The maximum Gasteiger partial charge on any atom is 0.357 e. The average molecular weight is 389 g/mol. The highest BCUT2D eigenvalue weighted by Gasteiger charge is 2.24. The zero-order valence-electron chi connectivity index (χ0n) is 13.4. The van der Waals surface area contributed by atoms with E-state index < -0.39 is 0 Å². The number of aromatic nitrogens is 2. The number of carbonyl (C=O) groups excluding carboxylic acids is 1. The summed E-state index contributed by atoms with van der Waals surface area (Å²) in [5, 5.41) is 3.48. The Morgan fingerprint density at radius 3 is 2.83 bits per heavy atom. The van der Waals surface area contributed by atoms with Crippen LogP contribution in [0.3, 0.4) is 0 Å². The molecule has 2 N–H and O–H groups in total. The van der Waals surface area contributed by atoms with Gasteiger partial charge in [-0.15, -0.1) is 35.1 Å². The smallest absolute Gasteiger partial charge is 0.357 e. The van der Waals surface area contributed by atoms with Crippen LogP contribution in [0.25, 0.3) is 0 Å². The second-order valence-corrected chi connectivity index (χ2v) is 7.54. The first-order valence-electron chi connectivity index (χ1n) is 7.70. The van der Waals surface area contributed by atoms with Gasteiger partial charge in [-0.3, -0.25) is 4.90 Å². The molecule has 24 heavy (non-hydrogen) atoms. The van der Waals surface area contributed by atoms with Crippen molar-refractivity contribution in [3.63, 3.8) is 0 Å². The number of halogens is 1. The van der Waals surface area contributed by atoms with E-state index in [1.165, 1.54) is 4.88 Å². The molecule has 3 rings (SSSR count). The molecule has 132 valence electrons. The standard InChI is InChI=1S/C15H20N4O2S2.ClH/c1-2-21-14(20)12-9-22-13(18-12)10-3-5-19(6-4-10)8-11-7-17-15(16)23-11;/h7,9-10H,2-6,8H2,1H3,(H2,16,17);1H. The van der Waals surface area contributed by atoms with Crippen molar-refractivity contribution >= 4 is 46.2 Å². The van der Waals surface area contributed by atoms with Gasteiger partial charge < -0.3 is 10.5 Å². The number of anilines is 1. The molecule has 1 aliphatic rings. The van der Waals surface area contributed by atoms with Gasteiger partial charge in [0.25, 0.3) is 0 Å². The Balaban J connectivity index is 0.00000208. The van der Waals surface area contributed by atoms with Gasteiger partial charge >= 0.3 is 5.97 Å². The first kappa shape index (κ1) is 19.1. The van der Waals surface area contributed by atoms with E-state index in [4.69, 9.17) is 10.5 Å². The maximum atomic E-state index is 11.7. The van der Waals surface area contributed by atoms with Gasteiger partial charge in [0.1, 0.15) is 0 Å². The minimum Gasteiger partial charge on any atom is -0.461 e. The zero-order chi connectivity index (χ0) is 16.2. The fourth-order valence-electron chi connectivity index (χ4n) is 2.73. The minimum absolute atomic E-state index is 0. The van der Waals surface area contributed by atoms with Crippen LogP contribution in [0.1, 0.15) is 46.1 Å². The number of esters is 1. The van der Waals surface area contributed by atoms with Crippen LogP contribution in [0.4, 0.5) is 5.13 Å². The van der Waals surface area contributed by atoms with Gasteiger partial charge in [-0.25, -0.2) is 14.8 Å². The molecule has 0 radical (unpaired) electrons. The lowest BCUT2D eigenvalue weighted by atomic mass is 9.97. The third kappa shape index (κ3) is 4.66. The van der Waals surface area contributed by atoms with E-state index in [1.807, 2.05) is 6.20 Å². The summed E-state index contributed by atoms with van der Waals surface area (Å²) in [5.41, 5.74) is 6.11. The Hall–Kier alpha value is -1.22. The molecular formula is C15H21ClN4O2S2. The molecule has 1 saturated heterocycles. The largest absolute Gasteiger partial charge is 0.461 e. The van der Waals surface area contributed by atoms with Crippen molar-refractivity contribution < 1.29 is 9.53 Å². The van der Waals surface area contributed by atoms with Gasteiger partial charge in [-0.05, 0) is 32.9 Å². The number of carbonyl (C=O) groups is 1. The van der Waals surface area contributed by atoms with Crippen LogP contribution in [0.2, 0.25) is 0 Å². The second-order valence-electron chi connectivity index (χ2n) is 5.51. The lowest BCUT2D eigenvalue weighted by Crippen LogP contribution is -2.32. The molecule has 0 saturated carbocycles. The summed E-state index contributed by atoms with van der Waals surface area (Å²) in [5.74, 6) is 0.112. The van der Waals surface area contributed by atoms with E-state index >= 15 is 0 Å². The minimum atomic E-state index is -0.324. The number of nitrogens with zero attached hydrogens (tertiary/aromatic N) is 3. The van der Waals surface area contributed by atoms with Crippen molar-refractivity contribution in [1.82, 2.24) is 14.9 Å². The van der Waals surface area contributed by atoms with Crippen molar-refractivity contribution in [3.05, 3.63) is 27.2 Å². The van der Waals surface area contributed by atoms with E-state index in [-0.39, 0.29) is 18.4 Å². The van der Waals surface area contributed by atoms with Crippen molar-refractivity contribution in [2.45, 2.75) is 32.2 Å². The zero-order valence-corrected chi connectivity index (χ0v) is 15.9. The number of ether oxygens (including phenoxy) is 1. The van der Waals surface area contributed by atoms with Gasteiger partial charge in [0.2, 0.25) is 0 Å². The average Bonchev–Trinajstić information content (AvgIpc) is 3.18. The number of rotatable bonds is 5. The number of thiazole rings is 2. The predicted molar refractivity (Wildman–Crippen MR) is 99.1 cm³/mol. The summed E-state index contributed by atoms with van der Waals surface area (Å²) in [6.45, 7) is 5.14. The Kier molecular flexibility index (Phi) is 6.97. The molecule has 1 aliphatic heterocycles. The highest BCUT2D eigenvalue weighted by atomic mass is 35.5. The fraction of sp³-hybridized carbons (Fsp3) is 0.533. The SMILES string of the molecule is CCOC(=O)c1csc(C2CCN(Cc3cnc(N)s3)CC2)n1.Cl. The van der Waals surface area contributed by atoms with Crippen molar-refractivity contribution in [3.8, 4) is 0 Å². The molecule has 2 aromatic heterocycles. The van der Waals surface area contributed by atoms with E-state index in [9.17, 15) is 4.79 Å². The summed E-state index contributed by atoms with van der Waals surface area (Å²) in [7, 11) is 0. The van der Waals surface area contributed by atoms with Crippen molar-refractivity contribution in [1.29, 1.82) is 0 Å². The fourth-order valence-corrected chi connectivity index (χ4v) is 4.42. The molecule has 0 aromatic carbocycles. The molecule has 9 heteroatoms. The molecule has 0 unspecified atom stereocenters. The van der Waals surface area contributed by atoms with Crippen LogP contribution >= 0.6 is 35.1 Å². The molecule has 3 heterocycles. The lowest BCUT2D eigenvalue weighted by Gasteiger charge is -2.30. The number of nitrogen functional groups attached to an aromatic ring is 1. The van der Waals surface area contributed by atoms with E-state index in [0.29, 0.717) is 23.4 Å². The van der Waals surface area contributed by atoms with Gasteiger partial charge in [-0.1, -0.05) is 0 Å². The third-order valence-corrected chi connectivity index (χ3v) is 5.71. The number of hydrogen-bond acceptors (Lipinski definition) is 8. The second kappa shape index (κ2) is 8.75. The lowest BCUT2D eigenvalue weighted by molar-refractivity contribution is 0.0520. The number of nitrogens with two attached hydrogens (primary N) is 1. The van der Waals surface area contributed by atoms with Crippen LogP contribution in [-0.4, -0.2) is 40.5 Å². The Morgan fingerprint density at radius 1 is 1.46 bits per heavy atom. The number of likely N-dealkylation sites (tertiary alicyclic amines) is 1. The Bertz CT molecular complexity index is 668. The van der Waals surface area contributed by atoms with E-state index in [2.05, 4.69) is 14.9 Å². The molecule has 2 aromatic rings. The van der Waals surface area contributed by atoms with E-state index in [0.717, 1.165) is 37.5 Å². The summed E-state index contributed by atoms with van der Waals surface area (Å²) in [6, 6.07) is 0. The quantitative estimate of drug-likeness (QED) is 0.792. The molecule has 0 bridgehead atoms. The van der Waals surface area contributed by atoms with E-state index in [1.54, 1.807) is 35.0 Å². The summed E-state index contributed by atoms with van der Waals surface area (Å²) >= 11 is 3.12. The van der Waals surface area contributed by atoms with Crippen molar-refractivity contribution in [2.75, 3.05) is 25.4 Å². The van der Waals surface area contributed by atoms with Crippen LogP contribution in [-0.2, 0) is 11.3 Å². The first-order valence-corrected chi connectivity index (χ1v) is 9.40. The normalized spacial score (nSPS) is 15.9. The highest BCUT2D eigenvalue weighted by Crippen LogP contribution is 2.31. The summed E-state index contributed by atoms with van der Waals surface area (Å²) < 4.78 is 5.00. The molecule has 0 atom stereocenters. The van der Waals surface area contributed by atoms with Crippen LogP contribution in [0.5, 0.6) is 0 Å². The first-order chi connectivity index (χ1) is 11.2. The predicted octanol–water partition coefficient (Wildman–Crippen LogP) is 3.16. The van der Waals surface area contributed by atoms with Gasteiger partial charge in [0, 0.05) is 28.9 Å². The number of hydrogen-bond donors (Lipinski definition) is 1. The van der Waals surface area contributed by atoms with Gasteiger partial charge in [0.05, 0.1) is 11.6 Å². The number of piperidine rings is 1. The summed E-state index contributed by atoms with van der Waals surface area (Å²) in [4.78, 5) is 23.9. The van der Waals surface area contributed by atoms with Crippen LogP contribution in [0.15, 0.2) is 11.6 Å². The monoisotopic (exact) mass is 388 g/mol. The van der Waals surface area contributed by atoms with Gasteiger partial charge in [0.15, 0.2) is 10.8 Å². The molecular weight excluding hydrogens is 368 g/mol. The van der Waals surface area contributed by atoms with Crippen LogP contribution < -0.4 is 5.73 Å². The topological polar surface area (TPSA) is 81.3 Å². The summed E-state index contributed by atoms with van der Waals surface area (Å²) in [6.07, 6.45) is 3.98. The molecule has 0 amide bonds. The third-order valence-electron chi connectivity index (χ3n) is 3.89. The van der Waals surface area contributed by atoms with Crippen molar-refractivity contribution in [2.24, 2.45) is 0 Å². The molecule has 0 aliphatic carbocycles. The molecule has 1 fully saturated rings. The maximum absolute atomic E-state index is 11.7. The molecule has 6 nitrogen and oxygen atoms in total.